The molecule has 0 aliphatic rings. The summed E-state index contributed by atoms with van der Waals surface area (Å²) in [6.45, 7) is 3.53. The van der Waals surface area contributed by atoms with E-state index in [9.17, 15) is 8.42 Å². The van der Waals surface area contributed by atoms with Gasteiger partial charge >= 0.3 is 0 Å². The van der Waals surface area contributed by atoms with Crippen LogP contribution in [-0.2, 0) is 16.4 Å². The van der Waals surface area contributed by atoms with Crippen LogP contribution in [0.2, 0.25) is 5.02 Å². The van der Waals surface area contributed by atoms with Gasteiger partial charge in [-0.15, -0.1) is 11.3 Å². The normalized spacial score (nSPS) is 11.7. The van der Waals surface area contributed by atoms with Crippen LogP contribution in [0.3, 0.4) is 0 Å². The van der Waals surface area contributed by atoms with Crippen LogP contribution in [0.4, 0.5) is 5.88 Å². The van der Waals surface area contributed by atoms with Gasteiger partial charge in [0.15, 0.2) is 0 Å². The molecule has 8 heteroatoms. The number of halogens is 1. The number of anilines is 1. The average Bonchev–Trinajstić information content (AvgIpc) is 2.91. The second-order valence-corrected chi connectivity index (χ2v) is 6.61. The molecule has 98 valence electrons. The van der Waals surface area contributed by atoms with E-state index in [1.165, 1.54) is 11.3 Å². The van der Waals surface area contributed by atoms with E-state index >= 15 is 0 Å². The molecule has 0 fully saturated rings. The zero-order valence-electron chi connectivity index (χ0n) is 9.73. The minimum atomic E-state index is -3.68. The molecule has 2 aromatic rings. The summed E-state index contributed by atoms with van der Waals surface area (Å²) in [6.07, 6.45) is 0.650. The van der Waals surface area contributed by atoms with Crippen molar-refractivity contribution in [3.63, 3.8) is 0 Å². The number of aryl methyl sites for hydroxylation is 2. The largest absolute Gasteiger partial charge is 0.336 e. The van der Waals surface area contributed by atoms with Crippen molar-refractivity contribution in [1.82, 2.24) is 5.16 Å². The maximum Gasteiger partial charge on any atom is 0.265 e. The van der Waals surface area contributed by atoms with Gasteiger partial charge in [-0.25, -0.2) is 13.1 Å². The number of sulfonamides is 1. The fourth-order valence-electron chi connectivity index (χ4n) is 1.42. The van der Waals surface area contributed by atoms with Crippen LogP contribution in [-0.4, -0.2) is 13.6 Å². The van der Waals surface area contributed by atoms with Crippen LogP contribution >= 0.6 is 22.9 Å². The maximum atomic E-state index is 12.2. The predicted molar refractivity (Wildman–Crippen MR) is 70.8 cm³/mol. The van der Waals surface area contributed by atoms with E-state index in [1.54, 1.807) is 18.4 Å². The molecular formula is C10H11ClN2O3S2. The Morgan fingerprint density at radius 1 is 1.56 bits per heavy atom. The van der Waals surface area contributed by atoms with Gasteiger partial charge in [-0.1, -0.05) is 23.7 Å². The zero-order chi connectivity index (χ0) is 13.3. The van der Waals surface area contributed by atoms with E-state index in [2.05, 4.69) is 9.88 Å². The van der Waals surface area contributed by atoms with Crippen molar-refractivity contribution in [3.05, 3.63) is 27.0 Å². The van der Waals surface area contributed by atoms with Crippen LogP contribution in [0.5, 0.6) is 0 Å². The quantitative estimate of drug-likeness (QED) is 0.942. The van der Waals surface area contributed by atoms with Crippen molar-refractivity contribution in [2.75, 3.05) is 4.72 Å². The van der Waals surface area contributed by atoms with Crippen LogP contribution in [0.25, 0.3) is 0 Å². The topological polar surface area (TPSA) is 72.2 Å². The van der Waals surface area contributed by atoms with Gasteiger partial charge in [0.05, 0.1) is 0 Å². The summed E-state index contributed by atoms with van der Waals surface area (Å²) in [5, 5.41) is 5.50. The van der Waals surface area contributed by atoms with Crippen LogP contribution in [0.1, 0.15) is 17.5 Å². The molecule has 2 rings (SSSR count). The summed E-state index contributed by atoms with van der Waals surface area (Å²) in [7, 11) is -3.68. The molecule has 18 heavy (non-hydrogen) atoms. The lowest BCUT2D eigenvalue weighted by atomic mass is 10.4. The number of nitrogens with zero attached hydrogens (tertiary/aromatic N) is 1. The van der Waals surface area contributed by atoms with Gasteiger partial charge in [0.2, 0.25) is 0 Å². The number of hydrogen-bond acceptors (Lipinski definition) is 5. The van der Waals surface area contributed by atoms with E-state index in [0.29, 0.717) is 12.1 Å². The Labute approximate surface area is 114 Å². The minimum Gasteiger partial charge on any atom is -0.336 e. The van der Waals surface area contributed by atoms with Gasteiger partial charge in [-0.3, -0.25) is 0 Å². The monoisotopic (exact) mass is 306 g/mol. The fourth-order valence-corrected chi connectivity index (χ4v) is 4.06. The van der Waals surface area contributed by atoms with Gasteiger partial charge < -0.3 is 4.52 Å². The van der Waals surface area contributed by atoms with Crippen molar-refractivity contribution in [3.8, 4) is 0 Å². The van der Waals surface area contributed by atoms with Crippen LogP contribution in [0.15, 0.2) is 20.9 Å². The Bertz CT molecular complexity index is 660. The van der Waals surface area contributed by atoms with E-state index in [1.807, 2.05) is 6.92 Å². The maximum absolute atomic E-state index is 12.2. The van der Waals surface area contributed by atoms with Gasteiger partial charge in [0.1, 0.15) is 15.6 Å². The standard InChI is InChI=1S/C10H11ClN2O3S2/c1-3-7-8(4-5-17-7)18(14,15)13-10-9(11)6(2)12-16-10/h4-5,13H,3H2,1-2H3. The van der Waals surface area contributed by atoms with Crippen molar-refractivity contribution < 1.29 is 12.9 Å². The zero-order valence-corrected chi connectivity index (χ0v) is 12.1. The van der Waals surface area contributed by atoms with E-state index in [4.69, 9.17) is 16.1 Å². The third kappa shape index (κ3) is 2.38. The molecule has 0 aliphatic heterocycles. The molecule has 0 unspecified atom stereocenters. The highest BCUT2D eigenvalue weighted by Gasteiger charge is 2.23. The minimum absolute atomic E-state index is 0.0533. The highest BCUT2D eigenvalue weighted by atomic mass is 35.5. The molecule has 1 N–H and O–H groups in total. The Morgan fingerprint density at radius 3 is 2.83 bits per heavy atom. The Morgan fingerprint density at radius 2 is 2.28 bits per heavy atom. The molecule has 0 amide bonds. The number of nitrogens with one attached hydrogen (secondary N) is 1. The highest BCUT2D eigenvalue weighted by Crippen LogP contribution is 2.29. The summed E-state index contributed by atoms with van der Waals surface area (Å²) < 4.78 is 31.4. The van der Waals surface area contributed by atoms with E-state index in [-0.39, 0.29) is 15.8 Å². The molecule has 2 heterocycles. The average molecular weight is 307 g/mol. The van der Waals surface area contributed by atoms with Crippen molar-refractivity contribution >= 4 is 38.8 Å². The third-order valence-electron chi connectivity index (χ3n) is 2.33. The molecule has 0 bridgehead atoms. The van der Waals surface area contributed by atoms with Crippen molar-refractivity contribution in [2.24, 2.45) is 0 Å². The first-order chi connectivity index (χ1) is 8.45. The molecule has 0 radical (unpaired) electrons. The first-order valence-electron chi connectivity index (χ1n) is 5.16. The molecule has 0 aromatic carbocycles. The summed E-state index contributed by atoms with van der Waals surface area (Å²) >= 11 is 7.27. The number of thiophene rings is 1. The number of rotatable bonds is 4. The summed E-state index contributed by atoms with van der Waals surface area (Å²) in [5.74, 6) is -0.0533. The second kappa shape index (κ2) is 4.91. The van der Waals surface area contributed by atoms with Gasteiger partial charge in [0, 0.05) is 4.88 Å². The van der Waals surface area contributed by atoms with Crippen LogP contribution in [0, 0.1) is 6.92 Å². The first kappa shape index (κ1) is 13.4. The van der Waals surface area contributed by atoms with Gasteiger partial charge in [-0.05, 0) is 24.8 Å². The Kier molecular flexibility index (Phi) is 3.65. The second-order valence-electron chi connectivity index (χ2n) is 3.58. The van der Waals surface area contributed by atoms with Crippen molar-refractivity contribution in [2.45, 2.75) is 25.2 Å². The van der Waals surface area contributed by atoms with Crippen LogP contribution < -0.4 is 4.72 Å². The summed E-state index contributed by atoms with van der Waals surface area (Å²) in [4.78, 5) is 1.04. The molecule has 5 nitrogen and oxygen atoms in total. The molecule has 0 spiro atoms. The van der Waals surface area contributed by atoms with Gasteiger partial charge in [0.25, 0.3) is 15.9 Å². The summed E-state index contributed by atoms with van der Waals surface area (Å²) in [6, 6.07) is 1.56. The van der Waals surface area contributed by atoms with Crippen molar-refractivity contribution in [1.29, 1.82) is 0 Å². The lowest BCUT2D eigenvalue weighted by Gasteiger charge is -2.05. The number of aromatic nitrogens is 1. The lowest BCUT2D eigenvalue weighted by Crippen LogP contribution is -2.13. The van der Waals surface area contributed by atoms with Gasteiger partial charge in [-0.2, -0.15) is 0 Å². The Hall–Kier alpha value is -1.05. The van der Waals surface area contributed by atoms with E-state index in [0.717, 1.165) is 4.88 Å². The lowest BCUT2D eigenvalue weighted by molar-refractivity contribution is 0.430. The smallest absolute Gasteiger partial charge is 0.265 e. The fraction of sp³-hybridized carbons (Fsp3) is 0.300. The molecule has 2 aromatic heterocycles. The molecule has 0 aliphatic carbocycles. The molecular weight excluding hydrogens is 296 g/mol. The highest BCUT2D eigenvalue weighted by molar-refractivity contribution is 7.93. The van der Waals surface area contributed by atoms with E-state index < -0.39 is 10.0 Å². The molecule has 0 atom stereocenters. The Balaban J connectivity index is 2.36. The third-order valence-corrected chi connectivity index (χ3v) is 5.39. The molecule has 0 saturated heterocycles. The first-order valence-corrected chi connectivity index (χ1v) is 7.90. The summed E-state index contributed by atoms with van der Waals surface area (Å²) in [5.41, 5.74) is 0.440. The SMILES string of the molecule is CCc1sccc1S(=O)(=O)Nc1onc(C)c1Cl. The molecule has 0 saturated carbocycles. The number of hydrogen-bond donors (Lipinski definition) is 1. The predicted octanol–water partition coefficient (Wildman–Crippen LogP) is 3.06.